The van der Waals surface area contributed by atoms with Gasteiger partial charge in [0.2, 0.25) is 0 Å². The number of hydrogen-bond donors (Lipinski definition) is 1. The minimum atomic E-state index is -0.443. The zero-order valence-corrected chi connectivity index (χ0v) is 11.4. The lowest BCUT2D eigenvalue weighted by molar-refractivity contribution is -0.153. The molecule has 0 amide bonds. The van der Waals surface area contributed by atoms with Crippen molar-refractivity contribution in [3.8, 4) is 0 Å². The molecule has 100 valence electrons. The highest BCUT2D eigenvalue weighted by atomic mass is 35.5. The lowest BCUT2D eigenvalue weighted by Crippen LogP contribution is -2.30. The zero-order chi connectivity index (χ0) is 13.0. The molecule has 2 rings (SSSR count). The van der Waals surface area contributed by atoms with E-state index < -0.39 is 5.79 Å². The molecule has 1 saturated heterocycles. The standard InChI is InChI=1S/C12H18ClN3O2/c1-9(5-12(2)17-3-4-18-12)6-15-11-8-14-7-10(13)16-11/h7-9H,3-6H2,1-2H3,(H,15,16)/t9-/m0/s1. The Balaban J connectivity index is 1.79. The molecule has 6 heteroatoms. The van der Waals surface area contributed by atoms with Gasteiger partial charge in [0.25, 0.3) is 0 Å². The van der Waals surface area contributed by atoms with Crippen LogP contribution in [0.4, 0.5) is 5.82 Å². The van der Waals surface area contributed by atoms with Crippen molar-refractivity contribution in [3.63, 3.8) is 0 Å². The summed E-state index contributed by atoms with van der Waals surface area (Å²) >= 11 is 5.77. The molecule has 0 bridgehead atoms. The van der Waals surface area contributed by atoms with E-state index in [1.807, 2.05) is 6.92 Å². The first-order valence-electron chi connectivity index (χ1n) is 6.07. The Morgan fingerprint density at radius 2 is 2.17 bits per heavy atom. The van der Waals surface area contributed by atoms with E-state index in [1.54, 1.807) is 6.20 Å². The van der Waals surface area contributed by atoms with Crippen LogP contribution in [-0.2, 0) is 9.47 Å². The third-order valence-corrected chi connectivity index (χ3v) is 3.04. The summed E-state index contributed by atoms with van der Waals surface area (Å²) in [5.41, 5.74) is 0. The molecule has 0 spiro atoms. The maximum absolute atomic E-state index is 5.77. The maximum atomic E-state index is 5.77. The molecular weight excluding hydrogens is 254 g/mol. The van der Waals surface area contributed by atoms with Crippen LogP contribution in [0.25, 0.3) is 0 Å². The van der Waals surface area contributed by atoms with Crippen LogP contribution in [0.5, 0.6) is 0 Å². The van der Waals surface area contributed by atoms with E-state index in [2.05, 4.69) is 22.2 Å². The Kier molecular flexibility index (Phi) is 4.37. The molecule has 1 N–H and O–H groups in total. The lowest BCUT2D eigenvalue weighted by Gasteiger charge is -2.26. The van der Waals surface area contributed by atoms with Crippen molar-refractivity contribution in [1.82, 2.24) is 9.97 Å². The zero-order valence-electron chi connectivity index (χ0n) is 10.6. The molecule has 2 heterocycles. The molecule has 5 nitrogen and oxygen atoms in total. The molecule has 0 saturated carbocycles. The summed E-state index contributed by atoms with van der Waals surface area (Å²) in [6, 6.07) is 0. The number of hydrogen-bond acceptors (Lipinski definition) is 5. The van der Waals surface area contributed by atoms with Gasteiger partial charge in [0.15, 0.2) is 5.79 Å². The number of nitrogens with zero attached hydrogens (tertiary/aromatic N) is 2. The highest BCUT2D eigenvalue weighted by molar-refractivity contribution is 6.29. The fourth-order valence-electron chi connectivity index (χ4n) is 2.09. The molecule has 0 aromatic carbocycles. The summed E-state index contributed by atoms with van der Waals surface area (Å²) in [7, 11) is 0. The van der Waals surface area contributed by atoms with Crippen molar-refractivity contribution >= 4 is 17.4 Å². The van der Waals surface area contributed by atoms with Gasteiger partial charge in [-0.25, -0.2) is 4.98 Å². The smallest absolute Gasteiger partial charge is 0.166 e. The van der Waals surface area contributed by atoms with Crippen molar-refractivity contribution in [2.24, 2.45) is 5.92 Å². The minimum absolute atomic E-state index is 0.391. The van der Waals surface area contributed by atoms with Gasteiger partial charge in [0.05, 0.1) is 25.6 Å². The van der Waals surface area contributed by atoms with Crippen LogP contribution in [0, 0.1) is 5.92 Å². The second kappa shape index (κ2) is 5.82. The summed E-state index contributed by atoms with van der Waals surface area (Å²) in [5.74, 6) is 0.642. The first-order chi connectivity index (χ1) is 8.57. The van der Waals surface area contributed by atoms with Gasteiger partial charge in [-0.2, -0.15) is 0 Å². The number of halogens is 1. The molecule has 0 aliphatic carbocycles. The van der Waals surface area contributed by atoms with Gasteiger partial charge in [-0.3, -0.25) is 4.98 Å². The van der Waals surface area contributed by atoms with Gasteiger partial charge < -0.3 is 14.8 Å². The van der Waals surface area contributed by atoms with E-state index >= 15 is 0 Å². The second-order valence-corrected chi connectivity index (χ2v) is 5.14. The number of aromatic nitrogens is 2. The maximum Gasteiger partial charge on any atom is 0.166 e. The molecule has 1 aromatic rings. The molecule has 1 aromatic heterocycles. The highest BCUT2D eigenvalue weighted by Crippen LogP contribution is 2.26. The van der Waals surface area contributed by atoms with Gasteiger partial charge >= 0.3 is 0 Å². The van der Waals surface area contributed by atoms with Crippen LogP contribution in [0.1, 0.15) is 20.3 Å². The minimum Gasteiger partial charge on any atom is -0.368 e. The summed E-state index contributed by atoms with van der Waals surface area (Å²) in [5, 5.41) is 3.60. The average Bonchev–Trinajstić information content (AvgIpc) is 2.73. The Morgan fingerprint density at radius 1 is 1.44 bits per heavy atom. The molecule has 1 atom stereocenters. The summed E-state index contributed by atoms with van der Waals surface area (Å²) in [6.07, 6.45) is 4.01. The van der Waals surface area contributed by atoms with E-state index in [9.17, 15) is 0 Å². The fraction of sp³-hybridized carbons (Fsp3) is 0.667. The molecule has 1 aliphatic rings. The predicted octanol–water partition coefficient (Wildman–Crippen LogP) is 2.33. The number of ether oxygens (including phenoxy) is 2. The third-order valence-electron chi connectivity index (χ3n) is 2.85. The van der Waals surface area contributed by atoms with Gasteiger partial charge in [-0.05, 0) is 12.8 Å². The number of rotatable bonds is 5. The van der Waals surface area contributed by atoms with E-state index in [1.165, 1.54) is 6.20 Å². The topological polar surface area (TPSA) is 56.3 Å². The number of anilines is 1. The van der Waals surface area contributed by atoms with Crippen LogP contribution < -0.4 is 5.32 Å². The second-order valence-electron chi connectivity index (χ2n) is 4.75. The van der Waals surface area contributed by atoms with Crippen molar-refractivity contribution in [2.45, 2.75) is 26.1 Å². The van der Waals surface area contributed by atoms with E-state index in [0.717, 1.165) is 13.0 Å². The largest absolute Gasteiger partial charge is 0.368 e. The quantitative estimate of drug-likeness (QED) is 0.891. The number of nitrogens with one attached hydrogen (secondary N) is 1. The van der Waals surface area contributed by atoms with Gasteiger partial charge in [0, 0.05) is 13.0 Å². The van der Waals surface area contributed by atoms with Gasteiger partial charge in [-0.15, -0.1) is 0 Å². The van der Waals surface area contributed by atoms with E-state index in [-0.39, 0.29) is 0 Å². The van der Waals surface area contributed by atoms with Crippen molar-refractivity contribution in [1.29, 1.82) is 0 Å². The van der Waals surface area contributed by atoms with Crippen molar-refractivity contribution in [2.75, 3.05) is 25.1 Å². The highest BCUT2D eigenvalue weighted by Gasteiger charge is 2.32. The summed E-state index contributed by atoms with van der Waals surface area (Å²) in [6.45, 7) is 6.25. The Bertz CT molecular complexity index is 397. The van der Waals surface area contributed by atoms with Crippen LogP contribution in [0.3, 0.4) is 0 Å². The predicted molar refractivity (Wildman–Crippen MR) is 69.6 cm³/mol. The Labute approximate surface area is 112 Å². The third kappa shape index (κ3) is 3.80. The SMILES string of the molecule is C[C@H](CNc1cncc(Cl)n1)CC1(C)OCCO1. The molecule has 1 fully saturated rings. The molecule has 1 aliphatic heterocycles. The lowest BCUT2D eigenvalue weighted by atomic mass is 10.0. The van der Waals surface area contributed by atoms with E-state index in [0.29, 0.717) is 30.1 Å². The first kappa shape index (κ1) is 13.5. The van der Waals surface area contributed by atoms with Crippen LogP contribution in [0.15, 0.2) is 12.4 Å². The molecule has 0 radical (unpaired) electrons. The van der Waals surface area contributed by atoms with Gasteiger partial charge in [0.1, 0.15) is 11.0 Å². The normalized spacial score (nSPS) is 19.7. The van der Waals surface area contributed by atoms with Crippen LogP contribution in [-0.4, -0.2) is 35.5 Å². The first-order valence-corrected chi connectivity index (χ1v) is 6.44. The van der Waals surface area contributed by atoms with Crippen molar-refractivity contribution in [3.05, 3.63) is 17.5 Å². The Hall–Kier alpha value is -0.910. The molecule has 18 heavy (non-hydrogen) atoms. The van der Waals surface area contributed by atoms with E-state index in [4.69, 9.17) is 21.1 Å². The summed E-state index contributed by atoms with van der Waals surface area (Å²) in [4.78, 5) is 8.10. The summed E-state index contributed by atoms with van der Waals surface area (Å²) < 4.78 is 11.2. The average molecular weight is 272 g/mol. The Morgan fingerprint density at radius 3 is 2.83 bits per heavy atom. The van der Waals surface area contributed by atoms with Crippen LogP contribution >= 0.6 is 11.6 Å². The van der Waals surface area contributed by atoms with Gasteiger partial charge in [-0.1, -0.05) is 18.5 Å². The van der Waals surface area contributed by atoms with Crippen LogP contribution in [0.2, 0.25) is 5.15 Å². The molecular formula is C12H18ClN3O2. The monoisotopic (exact) mass is 271 g/mol. The van der Waals surface area contributed by atoms with Crippen molar-refractivity contribution < 1.29 is 9.47 Å². The molecule has 0 unspecified atom stereocenters. The fourth-order valence-corrected chi connectivity index (χ4v) is 2.23.